The Balaban J connectivity index is 1.29. The maximum atomic E-state index is 12.7. The number of ether oxygens (including phenoxy) is 2. The predicted molar refractivity (Wildman–Crippen MR) is 98.5 cm³/mol. The van der Waals surface area contributed by atoms with Crippen LogP contribution >= 0.6 is 11.3 Å². The van der Waals surface area contributed by atoms with E-state index in [-0.39, 0.29) is 19.1 Å². The zero-order valence-electron chi connectivity index (χ0n) is 14.4. The Bertz CT molecular complexity index is 1020. The maximum absolute atomic E-state index is 12.7. The maximum Gasteiger partial charge on any atom is 0.231 e. The number of amides is 1. The third-order valence-electron chi connectivity index (χ3n) is 4.68. The minimum atomic E-state index is 0.0637. The standard InChI is InChI=1S/C19H16N4O3S/c24-18(23-6-3-14-15(9-23)21-5-4-20-14)8-13-10-27-19(22-13)12-1-2-16-17(7-12)26-11-25-16/h1-2,4-5,7,10H,3,6,8-9,11H2. The molecule has 0 spiro atoms. The molecule has 2 aliphatic heterocycles. The van der Waals surface area contributed by atoms with Crippen molar-refractivity contribution in [2.24, 2.45) is 0 Å². The summed E-state index contributed by atoms with van der Waals surface area (Å²) in [5, 5.41) is 2.81. The van der Waals surface area contributed by atoms with Crippen molar-refractivity contribution in [1.82, 2.24) is 19.9 Å². The molecule has 0 bridgehead atoms. The SMILES string of the molecule is O=C(Cc1csc(-c2ccc3c(c2)OCO3)n1)N1CCc2nccnc2C1. The second-order valence-electron chi connectivity index (χ2n) is 6.40. The number of nitrogens with zero attached hydrogens (tertiary/aromatic N) is 4. The summed E-state index contributed by atoms with van der Waals surface area (Å²) in [6, 6.07) is 5.77. The quantitative estimate of drug-likeness (QED) is 0.695. The lowest BCUT2D eigenvalue weighted by molar-refractivity contribution is -0.131. The molecule has 1 amide bonds. The molecule has 0 saturated heterocycles. The van der Waals surface area contributed by atoms with Crippen LogP contribution in [0, 0.1) is 0 Å². The van der Waals surface area contributed by atoms with Crippen LogP contribution in [0.4, 0.5) is 0 Å². The molecule has 136 valence electrons. The summed E-state index contributed by atoms with van der Waals surface area (Å²) in [6.07, 6.45) is 4.40. The Kier molecular flexibility index (Phi) is 3.97. The molecule has 0 N–H and O–H groups in total. The number of thiazole rings is 1. The normalized spacial score (nSPS) is 14.9. The zero-order chi connectivity index (χ0) is 18.2. The van der Waals surface area contributed by atoms with Crippen LogP contribution < -0.4 is 9.47 Å². The van der Waals surface area contributed by atoms with Gasteiger partial charge in [-0.3, -0.25) is 14.8 Å². The molecule has 0 fully saturated rings. The Labute approximate surface area is 159 Å². The molecule has 27 heavy (non-hydrogen) atoms. The van der Waals surface area contributed by atoms with Crippen molar-refractivity contribution in [3.63, 3.8) is 0 Å². The average Bonchev–Trinajstić information content (AvgIpc) is 3.36. The van der Waals surface area contributed by atoms with Crippen molar-refractivity contribution in [3.8, 4) is 22.1 Å². The van der Waals surface area contributed by atoms with E-state index in [1.807, 2.05) is 28.5 Å². The lowest BCUT2D eigenvalue weighted by Gasteiger charge is -2.27. The number of aromatic nitrogens is 3. The Morgan fingerprint density at radius 3 is 2.93 bits per heavy atom. The largest absolute Gasteiger partial charge is 0.454 e. The summed E-state index contributed by atoms with van der Waals surface area (Å²) in [5.41, 5.74) is 3.62. The highest BCUT2D eigenvalue weighted by Crippen LogP contribution is 2.36. The highest BCUT2D eigenvalue weighted by atomic mass is 32.1. The molecule has 4 heterocycles. The van der Waals surface area contributed by atoms with E-state index in [4.69, 9.17) is 9.47 Å². The fourth-order valence-corrected chi connectivity index (χ4v) is 4.08. The molecule has 7 nitrogen and oxygen atoms in total. The molecule has 2 aromatic heterocycles. The van der Waals surface area contributed by atoms with Crippen molar-refractivity contribution in [2.75, 3.05) is 13.3 Å². The van der Waals surface area contributed by atoms with Crippen LogP contribution in [0.15, 0.2) is 36.0 Å². The van der Waals surface area contributed by atoms with Gasteiger partial charge in [0.15, 0.2) is 11.5 Å². The van der Waals surface area contributed by atoms with Crippen molar-refractivity contribution >= 4 is 17.2 Å². The van der Waals surface area contributed by atoms with Crippen molar-refractivity contribution in [2.45, 2.75) is 19.4 Å². The van der Waals surface area contributed by atoms with Crippen molar-refractivity contribution in [3.05, 3.63) is 53.1 Å². The summed E-state index contributed by atoms with van der Waals surface area (Å²) in [5.74, 6) is 1.54. The molecule has 8 heteroatoms. The number of carbonyl (C=O) groups excluding carboxylic acids is 1. The van der Waals surface area contributed by atoms with Crippen LogP contribution in [0.25, 0.3) is 10.6 Å². The van der Waals surface area contributed by atoms with Gasteiger partial charge in [-0.25, -0.2) is 4.98 Å². The fourth-order valence-electron chi connectivity index (χ4n) is 3.27. The van der Waals surface area contributed by atoms with Gasteiger partial charge in [0.2, 0.25) is 12.7 Å². The first-order chi connectivity index (χ1) is 13.3. The van der Waals surface area contributed by atoms with Crippen molar-refractivity contribution < 1.29 is 14.3 Å². The second kappa shape index (κ2) is 6.62. The van der Waals surface area contributed by atoms with E-state index in [1.54, 1.807) is 12.4 Å². The second-order valence-corrected chi connectivity index (χ2v) is 7.26. The third kappa shape index (κ3) is 3.12. The molecule has 0 saturated carbocycles. The van der Waals surface area contributed by atoms with Crippen molar-refractivity contribution in [1.29, 1.82) is 0 Å². The average molecular weight is 380 g/mol. The molecule has 0 radical (unpaired) electrons. The van der Waals surface area contributed by atoms with Gasteiger partial charge in [-0.15, -0.1) is 11.3 Å². The first kappa shape index (κ1) is 16.2. The van der Waals surface area contributed by atoms with Gasteiger partial charge in [-0.2, -0.15) is 0 Å². The summed E-state index contributed by atoms with van der Waals surface area (Å²) in [4.78, 5) is 27.8. The Morgan fingerprint density at radius 2 is 2.00 bits per heavy atom. The van der Waals surface area contributed by atoms with Gasteiger partial charge in [0.05, 0.1) is 30.0 Å². The molecular weight excluding hydrogens is 364 g/mol. The van der Waals surface area contributed by atoms with Crippen LogP contribution in [0.1, 0.15) is 17.1 Å². The number of carbonyl (C=O) groups is 1. The van der Waals surface area contributed by atoms with Crippen LogP contribution in [0.2, 0.25) is 0 Å². The Morgan fingerprint density at radius 1 is 1.15 bits per heavy atom. The molecule has 5 rings (SSSR count). The third-order valence-corrected chi connectivity index (χ3v) is 5.62. The summed E-state index contributed by atoms with van der Waals surface area (Å²) >= 11 is 1.52. The number of benzene rings is 1. The topological polar surface area (TPSA) is 77.4 Å². The van der Waals surface area contributed by atoms with Gasteiger partial charge in [0.25, 0.3) is 0 Å². The smallest absolute Gasteiger partial charge is 0.231 e. The van der Waals surface area contributed by atoms with Gasteiger partial charge >= 0.3 is 0 Å². The lowest BCUT2D eigenvalue weighted by atomic mass is 10.1. The number of hydrogen-bond acceptors (Lipinski definition) is 7. The molecule has 0 unspecified atom stereocenters. The van der Waals surface area contributed by atoms with Gasteiger partial charge < -0.3 is 14.4 Å². The number of hydrogen-bond donors (Lipinski definition) is 0. The molecule has 0 atom stereocenters. The Hall–Kier alpha value is -3.00. The van der Waals surface area contributed by atoms with E-state index >= 15 is 0 Å². The summed E-state index contributed by atoms with van der Waals surface area (Å²) < 4.78 is 10.8. The molecular formula is C19H16N4O3S. The van der Waals surface area contributed by atoms with Crippen LogP contribution in [0.5, 0.6) is 11.5 Å². The fraction of sp³-hybridized carbons (Fsp3) is 0.263. The summed E-state index contributed by atoms with van der Waals surface area (Å²) in [7, 11) is 0. The minimum Gasteiger partial charge on any atom is -0.454 e. The molecule has 3 aromatic rings. The van der Waals surface area contributed by atoms with Crippen LogP contribution in [-0.4, -0.2) is 39.1 Å². The van der Waals surface area contributed by atoms with Gasteiger partial charge in [-0.05, 0) is 18.2 Å². The highest BCUT2D eigenvalue weighted by molar-refractivity contribution is 7.13. The van der Waals surface area contributed by atoms with E-state index in [1.165, 1.54) is 11.3 Å². The van der Waals surface area contributed by atoms with E-state index in [0.717, 1.165) is 45.6 Å². The van der Waals surface area contributed by atoms with E-state index < -0.39 is 0 Å². The van der Waals surface area contributed by atoms with Crippen LogP contribution in [0.3, 0.4) is 0 Å². The van der Waals surface area contributed by atoms with Gasteiger partial charge in [0.1, 0.15) is 5.01 Å². The molecule has 2 aliphatic rings. The molecule has 1 aromatic carbocycles. The first-order valence-corrected chi connectivity index (χ1v) is 9.55. The number of rotatable bonds is 3. The first-order valence-electron chi connectivity index (χ1n) is 8.67. The summed E-state index contributed by atoms with van der Waals surface area (Å²) in [6.45, 7) is 1.44. The van der Waals surface area contributed by atoms with Gasteiger partial charge in [-0.1, -0.05) is 0 Å². The lowest BCUT2D eigenvalue weighted by Crippen LogP contribution is -2.37. The molecule has 0 aliphatic carbocycles. The number of fused-ring (bicyclic) bond motifs is 2. The van der Waals surface area contributed by atoms with E-state index in [2.05, 4.69) is 15.0 Å². The highest BCUT2D eigenvalue weighted by Gasteiger charge is 2.23. The van der Waals surface area contributed by atoms with E-state index in [0.29, 0.717) is 13.1 Å². The minimum absolute atomic E-state index is 0.0637. The monoisotopic (exact) mass is 380 g/mol. The van der Waals surface area contributed by atoms with Gasteiger partial charge in [0, 0.05) is 36.3 Å². The van der Waals surface area contributed by atoms with E-state index in [9.17, 15) is 4.79 Å². The zero-order valence-corrected chi connectivity index (χ0v) is 15.2. The van der Waals surface area contributed by atoms with Crippen LogP contribution in [-0.2, 0) is 24.2 Å². The predicted octanol–water partition coefficient (Wildman–Crippen LogP) is 2.46.